The summed E-state index contributed by atoms with van der Waals surface area (Å²) < 4.78 is 27.9. The van der Waals surface area contributed by atoms with E-state index in [1.165, 1.54) is 9.87 Å². The summed E-state index contributed by atoms with van der Waals surface area (Å²) in [5, 5.41) is 6.13. The maximum Gasteiger partial charge on any atom is 0.243 e. The molecule has 8 heteroatoms. The van der Waals surface area contributed by atoms with E-state index in [9.17, 15) is 13.2 Å². The Morgan fingerprint density at radius 1 is 1.00 bits per heavy atom. The van der Waals surface area contributed by atoms with Gasteiger partial charge in [0.05, 0.1) is 11.4 Å². The van der Waals surface area contributed by atoms with Crippen molar-refractivity contribution in [3.63, 3.8) is 0 Å². The Balaban J connectivity index is 1.21. The minimum Gasteiger partial charge on any atom is -0.339 e. The van der Waals surface area contributed by atoms with Crippen LogP contribution >= 0.6 is 11.3 Å². The van der Waals surface area contributed by atoms with Gasteiger partial charge in [0.1, 0.15) is 0 Å². The van der Waals surface area contributed by atoms with Crippen LogP contribution in [0.5, 0.6) is 0 Å². The van der Waals surface area contributed by atoms with E-state index in [4.69, 9.17) is 0 Å². The van der Waals surface area contributed by atoms with Crippen LogP contribution in [0.1, 0.15) is 18.4 Å². The van der Waals surface area contributed by atoms with Crippen LogP contribution < -0.4 is 0 Å². The second-order valence-electron chi connectivity index (χ2n) is 8.56. The molecule has 0 atom stereocenters. The predicted octanol–water partition coefficient (Wildman–Crippen LogP) is 3.40. The molecule has 2 fully saturated rings. The summed E-state index contributed by atoms with van der Waals surface area (Å²) in [4.78, 5) is 17.4. The minimum absolute atomic E-state index is 0.0925. The molecule has 168 valence electrons. The number of nitrogens with zero attached hydrogens (tertiary/aromatic N) is 3. The standard InChI is InChI=1S/C24H27N3O3S2/c28-24(17-26(22-6-7-22)16-19-9-14-31-18-19)25-10-12-27(13-11-25)32(29,30)23-8-5-20-3-1-2-4-21(20)15-23/h1-5,8-9,14-15,18,22H,6-7,10-13,16-17H2. The summed E-state index contributed by atoms with van der Waals surface area (Å²) in [7, 11) is -3.58. The number of rotatable bonds is 7. The fourth-order valence-corrected chi connectivity index (χ4v) is 6.42. The molecular weight excluding hydrogens is 442 g/mol. The highest BCUT2D eigenvalue weighted by atomic mass is 32.2. The van der Waals surface area contributed by atoms with Gasteiger partial charge in [-0.05, 0) is 58.1 Å². The Morgan fingerprint density at radius 3 is 2.44 bits per heavy atom. The van der Waals surface area contributed by atoms with Crippen molar-refractivity contribution in [3.05, 3.63) is 64.9 Å². The van der Waals surface area contributed by atoms with Crippen LogP contribution in [0, 0.1) is 0 Å². The average Bonchev–Trinajstić information content (AvgIpc) is 3.54. The normalized spacial score (nSPS) is 17.8. The van der Waals surface area contributed by atoms with E-state index < -0.39 is 10.0 Å². The zero-order chi connectivity index (χ0) is 22.1. The molecule has 2 aromatic carbocycles. The molecule has 3 aromatic rings. The van der Waals surface area contributed by atoms with Gasteiger partial charge in [0.25, 0.3) is 0 Å². The van der Waals surface area contributed by atoms with Gasteiger partial charge in [0.15, 0.2) is 0 Å². The van der Waals surface area contributed by atoms with Crippen molar-refractivity contribution >= 4 is 38.0 Å². The largest absolute Gasteiger partial charge is 0.339 e. The second kappa shape index (κ2) is 8.94. The molecular formula is C24H27N3O3S2. The number of hydrogen-bond acceptors (Lipinski definition) is 5. The second-order valence-corrected chi connectivity index (χ2v) is 11.3. The molecule has 0 unspecified atom stereocenters. The van der Waals surface area contributed by atoms with Crippen molar-refractivity contribution in [3.8, 4) is 0 Å². The molecule has 0 radical (unpaired) electrons. The van der Waals surface area contributed by atoms with Gasteiger partial charge in [-0.25, -0.2) is 8.42 Å². The van der Waals surface area contributed by atoms with Crippen molar-refractivity contribution in [2.75, 3.05) is 32.7 Å². The topological polar surface area (TPSA) is 60.9 Å². The third-order valence-electron chi connectivity index (χ3n) is 6.32. The fraction of sp³-hybridized carbons (Fsp3) is 0.375. The maximum absolute atomic E-state index is 13.2. The predicted molar refractivity (Wildman–Crippen MR) is 127 cm³/mol. The van der Waals surface area contributed by atoms with Gasteiger partial charge >= 0.3 is 0 Å². The maximum atomic E-state index is 13.2. The van der Waals surface area contributed by atoms with Crippen molar-refractivity contribution < 1.29 is 13.2 Å². The zero-order valence-electron chi connectivity index (χ0n) is 17.9. The Labute approximate surface area is 193 Å². The zero-order valence-corrected chi connectivity index (χ0v) is 19.5. The van der Waals surface area contributed by atoms with Crippen molar-refractivity contribution in [2.24, 2.45) is 0 Å². The van der Waals surface area contributed by atoms with E-state index in [-0.39, 0.29) is 5.91 Å². The number of carbonyl (C=O) groups excluding carboxylic acids is 1. The van der Waals surface area contributed by atoms with E-state index in [2.05, 4.69) is 21.7 Å². The highest BCUT2D eigenvalue weighted by Gasteiger charge is 2.34. The molecule has 32 heavy (non-hydrogen) atoms. The van der Waals surface area contributed by atoms with Gasteiger partial charge in [-0.1, -0.05) is 30.3 Å². The lowest BCUT2D eigenvalue weighted by Crippen LogP contribution is -2.52. The highest BCUT2D eigenvalue weighted by Crippen LogP contribution is 2.29. The fourth-order valence-electron chi connectivity index (χ4n) is 4.30. The molecule has 0 N–H and O–H groups in total. The van der Waals surface area contributed by atoms with Gasteiger partial charge in [-0.2, -0.15) is 15.6 Å². The SMILES string of the molecule is O=C(CN(Cc1ccsc1)C1CC1)N1CCN(S(=O)(=O)c2ccc3ccccc3c2)CC1. The van der Waals surface area contributed by atoms with Gasteiger partial charge < -0.3 is 4.90 Å². The molecule has 0 bridgehead atoms. The van der Waals surface area contributed by atoms with E-state index in [0.717, 1.165) is 30.2 Å². The Hall–Kier alpha value is -2.26. The van der Waals surface area contributed by atoms with Gasteiger partial charge in [0, 0.05) is 38.8 Å². The molecule has 0 spiro atoms. The Bertz CT molecular complexity index is 1200. The number of thiophene rings is 1. The molecule has 1 aliphatic heterocycles. The number of piperazine rings is 1. The smallest absolute Gasteiger partial charge is 0.243 e. The highest BCUT2D eigenvalue weighted by molar-refractivity contribution is 7.89. The van der Waals surface area contributed by atoms with Crippen LogP contribution in [-0.2, 0) is 21.4 Å². The first-order chi connectivity index (χ1) is 15.5. The first-order valence-corrected chi connectivity index (χ1v) is 13.4. The van der Waals surface area contributed by atoms with E-state index in [0.29, 0.717) is 43.7 Å². The summed E-state index contributed by atoms with van der Waals surface area (Å²) in [6, 6.07) is 15.6. The minimum atomic E-state index is -3.58. The van der Waals surface area contributed by atoms with Crippen LogP contribution in [0.4, 0.5) is 0 Å². The number of sulfonamides is 1. The third-order valence-corrected chi connectivity index (χ3v) is 8.94. The summed E-state index contributed by atoms with van der Waals surface area (Å²) in [6.45, 7) is 2.73. The van der Waals surface area contributed by atoms with E-state index in [1.54, 1.807) is 23.5 Å². The van der Waals surface area contributed by atoms with Gasteiger partial charge in [-0.15, -0.1) is 0 Å². The van der Waals surface area contributed by atoms with Crippen molar-refractivity contribution in [1.82, 2.24) is 14.1 Å². The number of fused-ring (bicyclic) bond motifs is 1. The number of carbonyl (C=O) groups is 1. The van der Waals surface area contributed by atoms with Gasteiger partial charge in [0.2, 0.25) is 15.9 Å². The van der Waals surface area contributed by atoms with Crippen molar-refractivity contribution in [1.29, 1.82) is 0 Å². The van der Waals surface area contributed by atoms with Crippen LogP contribution in [0.25, 0.3) is 10.8 Å². The average molecular weight is 470 g/mol. The molecule has 1 saturated carbocycles. The molecule has 1 aromatic heterocycles. The lowest BCUT2D eigenvalue weighted by molar-refractivity contribution is -0.133. The van der Waals surface area contributed by atoms with Crippen LogP contribution in [0.15, 0.2) is 64.2 Å². The number of amides is 1. The Kier molecular flexibility index (Phi) is 6.03. The lowest BCUT2D eigenvalue weighted by Gasteiger charge is -2.35. The number of benzene rings is 2. The molecule has 2 aliphatic rings. The van der Waals surface area contributed by atoms with E-state index >= 15 is 0 Å². The molecule has 1 saturated heterocycles. The number of hydrogen-bond donors (Lipinski definition) is 0. The lowest BCUT2D eigenvalue weighted by atomic mass is 10.1. The summed E-state index contributed by atoms with van der Waals surface area (Å²) in [5.74, 6) is 0.0925. The summed E-state index contributed by atoms with van der Waals surface area (Å²) in [5.41, 5.74) is 1.25. The molecule has 1 aliphatic carbocycles. The monoisotopic (exact) mass is 469 g/mol. The first-order valence-electron chi connectivity index (χ1n) is 11.0. The van der Waals surface area contributed by atoms with Gasteiger partial charge in [-0.3, -0.25) is 9.69 Å². The summed E-state index contributed by atoms with van der Waals surface area (Å²) in [6.07, 6.45) is 2.30. The van der Waals surface area contributed by atoms with Crippen LogP contribution in [0.3, 0.4) is 0 Å². The molecule has 2 heterocycles. The summed E-state index contributed by atoms with van der Waals surface area (Å²) >= 11 is 1.68. The molecule has 1 amide bonds. The van der Waals surface area contributed by atoms with E-state index in [1.807, 2.05) is 35.2 Å². The van der Waals surface area contributed by atoms with Crippen LogP contribution in [0.2, 0.25) is 0 Å². The Morgan fingerprint density at radius 2 is 1.75 bits per heavy atom. The van der Waals surface area contributed by atoms with Crippen molar-refractivity contribution in [2.45, 2.75) is 30.3 Å². The third kappa shape index (κ3) is 4.59. The first kappa shape index (κ1) is 21.6. The quantitative estimate of drug-likeness (QED) is 0.532. The molecule has 6 nitrogen and oxygen atoms in total. The molecule has 5 rings (SSSR count). The van der Waals surface area contributed by atoms with Crippen LogP contribution in [-0.4, -0.2) is 67.2 Å².